The summed E-state index contributed by atoms with van der Waals surface area (Å²) in [4.78, 5) is 13.6. The minimum atomic E-state index is -0.176. The second kappa shape index (κ2) is 4.70. The number of hydrogen-bond acceptors (Lipinski definition) is 4. The highest BCUT2D eigenvalue weighted by atomic mass is 16.5. The topological polar surface area (TPSA) is 59.0 Å². The summed E-state index contributed by atoms with van der Waals surface area (Å²) in [6.45, 7) is 4.00. The number of benzene rings is 1. The maximum Gasteiger partial charge on any atom is 0.259 e. The predicted octanol–water partition coefficient (Wildman–Crippen LogP) is 1.12. The van der Waals surface area contributed by atoms with Gasteiger partial charge < -0.3 is 19.5 Å². The molecule has 0 saturated heterocycles. The van der Waals surface area contributed by atoms with E-state index in [2.05, 4.69) is 6.58 Å². The summed E-state index contributed by atoms with van der Waals surface area (Å²) in [6, 6.07) is 3.37. The molecule has 0 saturated carbocycles. The lowest BCUT2D eigenvalue weighted by molar-refractivity contribution is 0.0828. The SMILES string of the molecule is C=C1c2cc(OC)c(OC)cc2C(=O)N1CCO. The van der Waals surface area contributed by atoms with Gasteiger partial charge in [0, 0.05) is 17.8 Å². The van der Waals surface area contributed by atoms with Crippen molar-refractivity contribution < 1.29 is 19.4 Å². The van der Waals surface area contributed by atoms with Crippen LogP contribution in [-0.4, -0.2) is 43.3 Å². The van der Waals surface area contributed by atoms with Crippen LogP contribution in [0.1, 0.15) is 15.9 Å². The lowest BCUT2D eigenvalue weighted by atomic mass is 10.1. The largest absolute Gasteiger partial charge is 0.493 e. The lowest BCUT2D eigenvalue weighted by Crippen LogP contribution is -2.25. The molecule has 1 aliphatic rings. The summed E-state index contributed by atoms with van der Waals surface area (Å²) in [7, 11) is 3.05. The first kappa shape index (κ1) is 12.4. The molecule has 1 aliphatic heterocycles. The van der Waals surface area contributed by atoms with Crippen molar-refractivity contribution in [3.05, 3.63) is 29.8 Å². The Morgan fingerprint density at radius 1 is 1.22 bits per heavy atom. The van der Waals surface area contributed by atoms with Crippen LogP contribution in [0.15, 0.2) is 18.7 Å². The van der Waals surface area contributed by atoms with E-state index in [1.165, 1.54) is 19.1 Å². The van der Waals surface area contributed by atoms with Crippen molar-refractivity contribution in [1.82, 2.24) is 4.90 Å². The van der Waals surface area contributed by atoms with Gasteiger partial charge >= 0.3 is 0 Å². The Labute approximate surface area is 105 Å². The highest BCUT2D eigenvalue weighted by Crippen LogP contribution is 2.39. The summed E-state index contributed by atoms with van der Waals surface area (Å²) in [6.07, 6.45) is 0. The molecule has 18 heavy (non-hydrogen) atoms. The van der Waals surface area contributed by atoms with Gasteiger partial charge in [0.25, 0.3) is 5.91 Å². The van der Waals surface area contributed by atoms with E-state index >= 15 is 0 Å². The normalized spacial score (nSPS) is 13.8. The first-order chi connectivity index (χ1) is 8.63. The maximum atomic E-state index is 12.1. The standard InChI is InChI=1S/C13H15NO4/c1-8-9-6-11(17-2)12(18-3)7-10(9)13(16)14(8)4-5-15/h6-7,15H,1,4-5H2,2-3H3. The number of methoxy groups -OCH3 is 2. The van der Waals surface area contributed by atoms with Crippen molar-refractivity contribution in [1.29, 1.82) is 0 Å². The summed E-state index contributed by atoms with van der Waals surface area (Å²) < 4.78 is 10.4. The molecular weight excluding hydrogens is 234 g/mol. The van der Waals surface area contributed by atoms with Gasteiger partial charge in [-0.3, -0.25) is 4.79 Å². The van der Waals surface area contributed by atoms with E-state index in [9.17, 15) is 4.79 Å². The van der Waals surface area contributed by atoms with E-state index in [0.29, 0.717) is 28.3 Å². The number of amides is 1. The van der Waals surface area contributed by atoms with Gasteiger partial charge in [0.05, 0.1) is 26.4 Å². The molecule has 96 valence electrons. The second-order valence-corrected chi connectivity index (χ2v) is 3.88. The maximum absolute atomic E-state index is 12.1. The number of ether oxygens (including phenoxy) is 2. The molecule has 1 N–H and O–H groups in total. The number of β-amino-alcohol motifs (C(OH)–C–C–N with tert-alkyl or cyclic N) is 1. The minimum absolute atomic E-state index is 0.104. The van der Waals surface area contributed by atoms with Gasteiger partial charge in [-0.05, 0) is 12.1 Å². The molecule has 5 heteroatoms. The Kier molecular flexibility index (Phi) is 3.25. The Bertz CT molecular complexity index is 467. The molecule has 1 amide bonds. The third kappa shape index (κ3) is 1.73. The molecular formula is C13H15NO4. The fourth-order valence-corrected chi connectivity index (χ4v) is 2.04. The van der Waals surface area contributed by atoms with Crippen LogP contribution in [0.2, 0.25) is 0 Å². The van der Waals surface area contributed by atoms with Crippen molar-refractivity contribution in [3.63, 3.8) is 0 Å². The number of nitrogens with zero attached hydrogens (tertiary/aromatic N) is 1. The number of aliphatic hydroxyl groups is 1. The number of carbonyl (C=O) groups excluding carboxylic acids is 1. The van der Waals surface area contributed by atoms with Crippen molar-refractivity contribution in [3.8, 4) is 11.5 Å². The average molecular weight is 249 g/mol. The van der Waals surface area contributed by atoms with E-state index in [1.54, 1.807) is 12.1 Å². The second-order valence-electron chi connectivity index (χ2n) is 3.88. The van der Waals surface area contributed by atoms with Crippen molar-refractivity contribution in [2.45, 2.75) is 0 Å². The zero-order chi connectivity index (χ0) is 13.3. The fraction of sp³-hybridized carbons (Fsp3) is 0.308. The molecule has 0 aliphatic carbocycles. The Hall–Kier alpha value is -2.01. The summed E-state index contributed by atoms with van der Waals surface area (Å²) in [5.41, 5.74) is 1.81. The van der Waals surface area contributed by atoms with Gasteiger partial charge in [0.1, 0.15) is 0 Å². The first-order valence-corrected chi connectivity index (χ1v) is 5.52. The van der Waals surface area contributed by atoms with Crippen LogP contribution in [0, 0.1) is 0 Å². The molecule has 0 aromatic heterocycles. The third-order valence-electron chi connectivity index (χ3n) is 2.96. The molecule has 5 nitrogen and oxygen atoms in total. The van der Waals surface area contributed by atoms with Gasteiger partial charge in [-0.25, -0.2) is 0 Å². The molecule has 2 rings (SSSR count). The highest BCUT2D eigenvalue weighted by molar-refractivity contribution is 6.09. The monoisotopic (exact) mass is 249 g/mol. The predicted molar refractivity (Wildman–Crippen MR) is 66.7 cm³/mol. The van der Waals surface area contributed by atoms with E-state index in [0.717, 1.165) is 0 Å². The Morgan fingerprint density at radius 3 is 2.28 bits per heavy atom. The number of aliphatic hydroxyl groups excluding tert-OH is 1. The molecule has 0 fully saturated rings. The number of carbonyl (C=O) groups is 1. The van der Waals surface area contributed by atoms with Crippen LogP contribution >= 0.6 is 0 Å². The van der Waals surface area contributed by atoms with Gasteiger partial charge in [0.2, 0.25) is 0 Å². The Morgan fingerprint density at radius 2 is 1.78 bits per heavy atom. The van der Waals surface area contributed by atoms with Crippen LogP contribution < -0.4 is 9.47 Å². The lowest BCUT2D eigenvalue weighted by Gasteiger charge is -2.15. The van der Waals surface area contributed by atoms with Crippen LogP contribution in [0.4, 0.5) is 0 Å². The molecule has 0 atom stereocenters. The van der Waals surface area contributed by atoms with Crippen LogP contribution in [0.25, 0.3) is 5.70 Å². The summed E-state index contributed by atoms with van der Waals surface area (Å²) >= 11 is 0. The van der Waals surface area contributed by atoms with E-state index in [1.807, 2.05) is 0 Å². The highest BCUT2D eigenvalue weighted by Gasteiger charge is 2.32. The Balaban J connectivity index is 2.51. The number of rotatable bonds is 4. The van der Waals surface area contributed by atoms with Crippen molar-refractivity contribution >= 4 is 11.6 Å². The van der Waals surface area contributed by atoms with Crippen molar-refractivity contribution in [2.75, 3.05) is 27.4 Å². The van der Waals surface area contributed by atoms with Crippen LogP contribution in [-0.2, 0) is 0 Å². The molecule has 1 aromatic carbocycles. The number of hydrogen-bond donors (Lipinski definition) is 1. The van der Waals surface area contributed by atoms with Crippen molar-refractivity contribution in [2.24, 2.45) is 0 Å². The fourth-order valence-electron chi connectivity index (χ4n) is 2.04. The molecule has 0 spiro atoms. The van der Waals surface area contributed by atoms with Crippen LogP contribution in [0.5, 0.6) is 11.5 Å². The van der Waals surface area contributed by atoms with Gasteiger partial charge in [-0.2, -0.15) is 0 Å². The molecule has 1 heterocycles. The summed E-state index contributed by atoms with van der Waals surface area (Å²) in [5, 5.41) is 8.96. The molecule has 0 bridgehead atoms. The third-order valence-corrected chi connectivity index (χ3v) is 2.96. The summed E-state index contributed by atoms with van der Waals surface area (Å²) in [5.74, 6) is 0.879. The van der Waals surface area contributed by atoms with Crippen LogP contribution in [0.3, 0.4) is 0 Å². The molecule has 0 radical (unpaired) electrons. The first-order valence-electron chi connectivity index (χ1n) is 5.52. The van der Waals surface area contributed by atoms with Gasteiger partial charge in [-0.1, -0.05) is 6.58 Å². The zero-order valence-electron chi connectivity index (χ0n) is 10.4. The molecule has 1 aromatic rings. The number of fused-ring (bicyclic) bond motifs is 1. The average Bonchev–Trinajstić information content (AvgIpc) is 2.62. The smallest absolute Gasteiger partial charge is 0.259 e. The zero-order valence-corrected chi connectivity index (χ0v) is 10.4. The van der Waals surface area contributed by atoms with Gasteiger partial charge in [-0.15, -0.1) is 0 Å². The van der Waals surface area contributed by atoms with E-state index in [-0.39, 0.29) is 19.1 Å². The van der Waals surface area contributed by atoms with Gasteiger partial charge in [0.15, 0.2) is 11.5 Å². The quantitative estimate of drug-likeness (QED) is 0.868. The van der Waals surface area contributed by atoms with E-state index in [4.69, 9.17) is 14.6 Å². The molecule has 0 unspecified atom stereocenters. The van der Waals surface area contributed by atoms with E-state index < -0.39 is 0 Å². The minimum Gasteiger partial charge on any atom is -0.493 e.